The molecule has 6 N–H and O–H groups in total. The predicted molar refractivity (Wildman–Crippen MR) is 468 cm³/mol. The van der Waals surface area contributed by atoms with Crippen LogP contribution in [-0.2, 0) is 67.6 Å². The lowest BCUT2D eigenvalue weighted by Crippen LogP contribution is -2.56. The first-order valence-electron chi connectivity index (χ1n) is 39.9. The largest absolute Gasteiger partial charge is 0.497 e. The van der Waals surface area contributed by atoms with E-state index < -0.39 is 149 Å². The zero-order valence-corrected chi connectivity index (χ0v) is 70.5. The lowest BCUT2D eigenvalue weighted by molar-refractivity contribution is -0.168. The molecule has 0 fully saturated rings. The molecular formula is C97H99Cl2N6O17. The quantitative estimate of drug-likeness (QED) is 0.0154. The molecule has 0 spiro atoms. The summed E-state index contributed by atoms with van der Waals surface area (Å²) in [6.45, 7) is 9.93. The van der Waals surface area contributed by atoms with E-state index in [1.807, 2.05) is 0 Å². The van der Waals surface area contributed by atoms with Gasteiger partial charge in [-0.25, -0.2) is 4.79 Å². The van der Waals surface area contributed by atoms with E-state index in [-0.39, 0.29) is 45.9 Å². The number of carbonyl (C=O) groups excluding carboxylic acids is 10. The summed E-state index contributed by atoms with van der Waals surface area (Å²) in [5.41, 5.74) is 0.624. The summed E-state index contributed by atoms with van der Waals surface area (Å²) in [6, 6.07) is 73.6. The molecule has 0 bridgehead atoms. The molecule has 10 aromatic rings. The smallest absolute Gasteiger partial charge is 0.337 e. The lowest BCUT2D eigenvalue weighted by atomic mass is 9.79. The monoisotopic (exact) mass is 1690 g/mol. The van der Waals surface area contributed by atoms with E-state index in [1.165, 1.54) is 52.0 Å². The standard InChI is InChI=1S/C97H99Cl2N6O17/c1-60(2)84(89(108)101-72-29-19-12-20-30-72)119-94(113)81(65-35-41-70(98)42-36-65)57-62(4)85(90(109)104-76-47-53-79(118-9)54-48-76)120-95(114)82(66-37-43-71(99)44-38-66)58-63(5)86(91(110)102-73-31-21-13-22-32-73)122-96(115)97(69-27-17-11-18-28-69,105-88(107)68-25-15-10-16-26-68)59-64(6)87(92(111)103-74-33-23-14-24-34-74)121-93(112)80(67-39-49-77(116-7)50-40-67)55-61(3)56-83(106)100-75-45-51-78(117-8)52-46-75/h10-54,56,60-64,80-82,84-87H,55,57-59H2,1-9H3,(H,100,106)(H,101,108)(H,102,110)(H,103,111)(H,104,109)(H,105,107). The molecule has 12 atom stereocenters. The number of benzene rings is 10. The number of nitrogens with one attached hydrogen (secondary N) is 6. The second-order valence-corrected chi connectivity index (χ2v) is 31.1. The molecule has 0 aliphatic carbocycles. The van der Waals surface area contributed by atoms with Crippen molar-refractivity contribution < 1.29 is 81.1 Å². The summed E-state index contributed by atoms with van der Waals surface area (Å²) < 4.78 is 42.3. The highest BCUT2D eigenvalue weighted by Crippen LogP contribution is 2.40. The van der Waals surface area contributed by atoms with E-state index in [0.29, 0.717) is 50.5 Å². The van der Waals surface area contributed by atoms with Gasteiger partial charge in [0, 0.05) is 61.8 Å². The molecule has 0 aliphatic heterocycles. The predicted octanol–water partition coefficient (Wildman–Crippen LogP) is 17.8. The van der Waals surface area contributed by atoms with Crippen molar-refractivity contribution in [2.24, 2.45) is 29.6 Å². The van der Waals surface area contributed by atoms with Crippen LogP contribution in [0.2, 0.25) is 10.0 Å². The number of carbonyl (C=O) groups is 10. The minimum absolute atomic E-state index is 0.0287. The molecule has 0 saturated carbocycles. The highest BCUT2D eigenvalue weighted by molar-refractivity contribution is 6.31. The van der Waals surface area contributed by atoms with E-state index in [9.17, 15) is 9.59 Å². The van der Waals surface area contributed by atoms with Crippen LogP contribution in [0, 0.1) is 36.0 Å². The van der Waals surface area contributed by atoms with E-state index >= 15 is 38.4 Å². The number of amides is 6. The zero-order chi connectivity index (χ0) is 87.4. The van der Waals surface area contributed by atoms with Crippen LogP contribution in [0.15, 0.2) is 273 Å². The Balaban J connectivity index is 1.03. The Kier molecular flexibility index (Phi) is 33.1. The van der Waals surface area contributed by atoms with Crippen LogP contribution in [-0.4, -0.2) is 105 Å². The van der Waals surface area contributed by atoms with Gasteiger partial charge in [0.1, 0.15) is 17.2 Å². The first-order valence-corrected chi connectivity index (χ1v) is 40.7. The number of hydrogen-bond acceptors (Lipinski definition) is 17. The van der Waals surface area contributed by atoms with Crippen LogP contribution in [0.25, 0.3) is 0 Å². The average molecular weight is 1690 g/mol. The van der Waals surface area contributed by atoms with Crippen molar-refractivity contribution in [3.63, 3.8) is 0 Å². The van der Waals surface area contributed by atoms with Crippen molar-refractivity contribution in [3.8, 4) is 17.2 Å². The molecule has 633 valence electrons. The van der Waals surface area contributed by atoms with Crippen LogP contribution in [0.4, 0.5) is 28.4 Å². The summed E-state index contributed by atoms with van der Waals surface area (Å²) in [5, 5.41) is 17.9. The molecule has 10 aromatic carbocycles. The Morgan fingerprint density at radius 1 is 0.344 bits per heavy atom. The van der Waals surface area contributed by atoms with Crippen LogP contribution in [0.1, 0.15) is 118 Å². The average Bonchev–Trinajstić information content (AvgIpc) is 0.766. The molecule has 0 saturated heterocycles. The number of methoxy groups -OCH3 is 3. The molecule has 12 unspecified atom stereocenters. The van der Waals surface area contributed by atoms with E-state index in [0.717, 1.165) is 0 Å². The minimum atomic E-state index is -2.44. The van der Waals surface area contributed by atoms with Gasteiger partial charge in [0.2, 0.25) is 5.91 Å². The molecule has 23 nitrogen and oxygen atoms in total. The first-order chi connectivity index (χ1) is 58.7. The number of ether oxygens (including phenoxy) is 7. The fourth-order valence-corrected chi connectivity index (χ4v) is 14.5. The van der Waals surface area contributed by atoms with Crippen molar-refractivity contribution in [1.29, 1.82) is 0 Å². The number of esters is 4. The van der Waals surface area contributed by atoms with Crippen LogP contribution in [0.3, 0.4) is 0 Å². The normalized spacial score (nSPS) is 14.3. The summed E-state index contributed by atoms with van der Waals surface area (Å²) in [6.07, 6.45) is -6.62. The molecule has 0 heterocycles. The van der Waals surface area contributed by atoms with Gasteiger partial charge in [-0.05, 0) is 193 Å². The number of para-hydroxylation sites is 3. The lowest BCUT2D eigenvalue weighted by Gasteiger charge is -2.38. The first kappa shape index (κ1) is 91.2. The Bertz CT molecular complexity index is 5140. The van der Waals surface area contributed by atoms with Gasteiger partial charge >= 0.3 is 23.9 Å². The topological polar surface area (TPSA) is 307 Å². The second-order valence-electron chi connectivity index (χ2n) is 30.3. The highest BCUT2D eigenvalue weighted by Gasteiger charge is 2.50. The van der Waals surface area contributed by atoms with Crippen molar-refractivity contribution in [3.05, 3.63) is 317 Å². The van der Waals surface area contributed by atoms with E-state index in [1.54, 1.807) is 290 Å². The van der Waals surface area contributed by atoms with Crippen LogP contribution in [0.5, 0.6) is 17.2 Å². The number of hydrogen-bond donors (Lipinski definition) is 6. The molecule has 0 aromatic heterocycles. The van der Waals surface area contributed by atoms with Crippen molar-refractivity contribution in [1.82, 2.24) is 5.32 Å². The fraction of sp³-hybridized carbons (Fsp3) is 0.268. The SMILES string of the molecule is COc1ccc(NC(=O)[CH]C(C)CC(C(=O)OC(C(=O)Nc2ccccc2)C(C)CC(NC(=O)c2ccccc2)(C(=O)OC(C(=O)Nc2ccccc2)C(C)CC(C(=O)OC(C(=O)Nc2ccc(OC)cc2)C(C)CC(C(=O)OC(C(=O)Nc2ccccc2)C(C)C)c2ccc(Cl)cc2)c2ccc(Cl)cc2)c2ccccc2)c2ccc(OC)cc2)cc1. The number of rotatable bonds is 40. The van der Waals surface area contributed by atoms with Crippen molar-refractivity contribution >= 4 is 111 Å². The molecule has 0 aliphatic rings. The summed E-state index contributed by atoms with van der Waals surface area (Å²) in [7, 11) is 4.49. The van der Waals surface area contributed by atoms with Crippen LogP contribution >= 0.6 is 23.2 Å². The highest BCUT2D eigenvalue weighted by atomic mass is 35.5. The maximum atomic E-state index is 16.8. The van der Waals surface area contributed by atoms with Gasteiger partial charge in [-0.3, -0.25) is 43.2 Å². The molecule has 10 rings (SSSR count). The van der Waals surface area contributed by atoms with Gasteiger partial charge in [-0.15, -0.1) is 0 Å². The maximum absolute atomic E-state index is 16.8. The van der Waals surface area contributed by atoms with Gasteiger partial charge < -0.3 is 65.1 Å². The third kappa shape index (κ3) is 25.5. The fourth-order valence-electron chi connectivity index (χ4n) is 14.2. The molecule has 6 amide bonds. The Morgan fingerprint density at radius 2 is 0.656 bits per heavy atom. The Morgan fingerprint density at radius 3 is 1.04 bits per heavy atom. The summed E-state index contributed by atoms with van der Waals surface area (Å²) in [5.74, 6) is -15.6. The van der Waals surface area contributed by atoms with Crippen molar-refractivity contribution in [2.75, 3.05) is 47.9 Å². The van der Waals surface area contributed by atoms with Gasteiger partial charge in [-0.2, -0.15) is 0 Å². The number of anilines is 5. The van der Waals surface area contributed by atoms with E-state index in [4.69, 9.17) is 56.4 Å². The van der Waals surface area contributed by atoms with E-state index in [2.05, 4.69) is 31.9 Å². The summed E-state index contributed by atoms with van der Waals surface area (Å²) in [4.78, 5) is 153. The van der Waals surface area contributed by atoms with Crippen LogP contribution < -0.4 is 46.1 Å². The second kappa shape index (κ2) is 44.3. The third-order valence-electron chi connectivity index (χ3n) is 20.8. The van der Waals surface area contributed by atoms with Gasteiger partial charge in [0.05, 0.1) is 45.5 Å². The maximum Gasteiger partial charge on any atom is 0.337 e. The molecule has 25 heteroatoms. The summed E-state index contributed by atoms with van der Waals surface area (Å²) >= 11 is 13.0. The Hall–Kier alpha value is -13.1. The van der Waals surface area contributed by atoms with Gasteiger partial charge in [-0.1, -0.05) is 204 Å². The van der Waals surface area contributed by atoms with Gasteiger partial charge in [0.25, 0.3) is 29.5 Å². The minimum Gasteiger partial charge on any atom is -0.497 e. The molecular weight excluding hydrogens is 1590 g/mol. The molecule has 1 radical (unpaired) electrons. The number of halogens is 2. The zero-order valence-electron chi connectivity index (χ0n) is 69.0. The Labute approximate surface area is 720 Å². The van der Waals surface area contributed by atoms with Crippen molar-refractivity contribution in [2.45, 2.75) is 115 Å². The third-order valence-corrected chi connectivity index (χ3v) is 21.3. The molecule has 122 heavy (non-hydrogen) atoms. The van der Waals surface area contributed by atoms with Gasteiger partial charge in [0.15, 0.2) is 30.0 Å².